The van der Waals surface area contributed by atoms with E-state index in [2.05, 4.69) is 4.98 Å². The molecule has 0 aromatic carbocycles. The number of nitrogens with zero attached hydrogens (tertiary/aromatic N) is 2. The molecule has 0 spiro atoms. The summed E-state index contributed by atoms with van der Waals surface area (Å²) in [4.78, 5) is 28.9. The number of carbonyl (C=O) groups excluding carboxylic acids is 1. The zero-order chi connectivity index (χ0) is 16.4. The third kappa shape index (κ3) is 5.79. The van der Waals surface area contributed by atoms with Gasteiger partial charge in [0.05, 0.1) is 5.56 Å². The van der Waals surface area contributed by atoms with Crippen LogP contribution in [0, 0.1) is 0 Å². The second kappa shape index (κ2) is 9.86. The van der Waals surface area contributed by atoms with Gasteiger partial charge in [-0.3, -0.25) is 9.78 Å². The number of pyridine rings is 1. The number of aromatic nitrogens is 1. The Kier molecular flexibility index (Phi) is 8.09. The monoisotopic (exact) mass is 310 g/mol. The molecule has 1 rings (SSSR count). The van der Waals surface area contributed by atoms with Crippen LogP contribution in [0.25, 0.3) is 0 Å². The summed E-state index contributed by atoms with van der Waals surface area (Å²) in [6.45, 7) is 1.05. The second-order valence-electron chi connectivity index (χ2n) is 4.89. The Morgan fingerprint density at radius 1 is 1.05 bits per heavy atom. The number of carbonyl (C=O) groups is 2. The van der Waals surface area contributed by atoms with Gasteiger partial charge < -0.3 is 20.2 Å². The topological polar surface area (TPSA) is 111 Å². The molecule has 1 amide bonds. The van der Waals surface area contributed by atoms with E-state index < -0.39 is 5.97 Å². The Hall–Kier alpha value is -1.99. The van der Waals surface area contributed by atoms with Crippen molar-refractivity contribution < 1.29 is 24.9 Å². The predicted octanol–water partition coefficient (Wildman–Crippen LogP) is 0.767. The molecule has 0 bridgehead atoms. The maximum Gasteiger partial charge on any atom is 0.335 e. The molecular weight excluding hydrogens is 288 g/mol. The van der Waals surface area contributed by atoms with Gasteiger partial charge in [-0.2, -0.15) is 0 Å². The molecule has 0 aliphatic carbocycles. The smallest absolute Gasteiger partial charge is 0.335 e. The molecule has 3 N–H and O–H groups in total. The Morgan fingerprint density at radius 3 is 2.14 bits per heavy atom. The number of unbranched alkanes of at least 4 members (excludes halogenated alkanes) is 2. The lowest BCUT2D eigenvalue weighted by molar-refractivity contribution is 0.0696. The molecule has 0 saturated carbocycles. The van der Waals surface area contributed by atoms with Crippen LogP contribution in [0.1, 0.15) is 46.5 Å². The summed E-state index contributed by atoms with van der Waals surface area (Å²) in [5.74, 6) is -1.44. The zero-order valence-electron chi connectivity index (χ0n) is 12.4. The summed E-state index contributed by atoms with van der Waals surface area (Å²) >= 11 is 0. The lowest BCUT2D eigenvalue weighted by Gasteiger charge is -2.22. The third-order valence-corrected chi connectivity index (χ3v) is 3.19. The molecule has 122 valence electrons. The molecular formula is C15H22N2O5. The van der Waals surface area contributed by atoms with Crippen LogP contribution >= 0.6 is 0 Å². The quantitative estimate of drug-likeness (QED) is 0.550. The van der Waals surface area contributed by atoms with E-state index in [4.69, 9.17) is 15.3 Å². The van der Waals surface area contributed by atoms with E-state index in [0.29, 0.717) is 38.8 Å². The van der Waals surface area contributed by atoms with Crippen LogP contribution in [0.3, 0.4) is 0 Å². The van der Waals surface area contributed by atoms with Crippen molar-refractivity contribution in [2.24, 2.45) is 0 Å². The fraction of sp³-hybridized carbons (Fsp3) is 0.533. The summed E-state index contributed by atoms with van der Waals surface area (Å²) in [5, 5.41) is 26.6. The largest absolute Gasteiger partial charge is 0.478 e. The van der Waals surface area contributed by atoms with Gasteiger partial charge in [0.25, 0.3) is 5.91 Å². The first-order valence-corrected chi connectivity index (χ1v) is 7.30. The van der Waals surface area contributed by atoms with Crippen molar-refractivity contribution in [1.29, 1.82) is 0 Å². The average molecular weight is 310 g/mol. The minimum atomic E-state index is -1.11. The van der Waals surface area contributed by atoms with Gasteiger partial charge in [-0.1, -0.05) is 0 Å². The highest BCUT2D eigenvalue weighted by Crippen LogP contribution is 2.08. The number of amides is 1. The van der Waals surface area contributed by atoms with Crippen molar-refractivity contribution in [3.8, 4) is 0 Å². The molecule has 0 fully saturated rings. The Bertz CT molecular complexity index is 483. The molecule has 0 atom stereocenters. The van der Waals surface area contributed by atoms with Crippen molar-refractivity contribution in [2.45, 2.75) is 25.7 Å². The molecule has 1 aromatic rings. The number of carboxylic acids is 1. The number of aliphatic hydroxyl groups is 2. The highest BCUT2D eigenvalue weighted by Gasteiger charge is 2.18. The number of hydrogen-bond donors (Lipinski definition) is 3. The maximum atomic E-state index is 12.5. The Balaban J connectivity index is 2.79. The number of aliphatic hydroxyl groups excluding tert-OH is 2. The highest BCUT2D eigenvalue weighted by atomic mass is 16.4. The molecule has 0 aliphatic rings. The second-order valence-corrected chi connectivity index (χ2v) is 4.89. The van der Waals surface area contributed by atoms with Crippen LogP contribution in [0.5, 0.6) is 0 Å². The van der Waals surface area contributed by atoms with Gasteiger partial charge in [0.15, 0.2) is 0 Å². The average Bonchev–Trinajstić information content (AvgIpc) is 2.53. The van der Waals surface area contributed by atoms with E-state index in [9.17, 15) is 9.59 Å². The molecule has 0 saturated heterocycles. The number of rotatable bonds is 10. The number of carboxylic acid groups (broad SMARTS) is 1. The minimum absolute atomic E-state index is 0.0176. The van der Waals surface area contributed by atoms with Gasteiger partial charge in [-0.15, -0.1) is 0 Å². The van der Waals surface area contributed by atoms with E-state index in [-0.39, 0.29) is 30.4 Å². The molecule has 0 aliphatic heterocycles. The van der Waals surface area contributed by atoms with Crippen molar-refractivity contribution in [3.63, 3.8) is 0 Å². The lowest BCUT2D eigenvalue weighted by Crippen LogP contribution is -2.34. The third-order valence-electron chi connectivity index (χ3n) is 3.19. The van der Waals surface area contributed by atoms with E-state index in [0.717, 1.165) is 0 Å². The minimum Gasteiger partial charge on any atom is -0.478 e. The Morgan fingerprint density at radius 2 is 1.64 bits per heavy atom. The number of hydrogen-bond acceptors (Lipinski definition) is 5. The zero-order valence-corrected chi connectivity index (χ0v) is 12.4. The fourth-order valence-corrected chi connectivity index (χ4v) is 1.99. The van der Waals surface area contributed by atoms with Gasteiger partial charge in [0.2, 0.25) is 0 Å². The SMILES string of the molecule is O=C(O)c1ccnc(C(=O)N(CCCCO)CCCCO)c1. The van der Waals surface area contributed by atoms with Gasteiger partial charge in [0.1, 0.15) is 5.69 Å². The van der Waals surface area contributed by atoms with Crippen molar-refractivity contribution >= 4 is 11.9 Å². The lowest BCUT2D eigenvalue weighted by atomic mass is 10.2. The molecule has 7 nitrogen and oxygen atoms in total. The first-order chi connectivity index (χ1) is 10.6. The predicted molar refractivity (Wildman–Crippen MR) is 79.7 cm³/mol. The van der Waals surface area contributed by atoms with Crippen LogP contribution in [0.15, 0.2) is 18.3 Å². The fourth-order valence-electron chi connectivity index (χ4n) is 1.99. The van der Waals surface area contributed by atoms with Crippen molar-refractivity contribution in [1.82, 2.24) is 9.88 Å². The first-order valence-electron chi connectivity index (χ1n) is 7.30. The van der Waals surface area contributed by atoms with Crippen LogP contribution in [0.4, 0.5) is 0 Å². The van der Waals surface area contributed by atoms with Gasteiger partial charge in [-0.25, -0.2) is 4.79 Å². The van der Waals surface area contributed by atoms with Crippen LogP contribution in [-0.2, 0) is 0 Å². The van der Waals surface area contributed by atoms with E-state index in [1.165, 1.54) is 18.3 Å². The first kappa shape index (κ1) is 18.1. The molecule has 7 heteroatoms. The van der Waals surface area contributed by atoms with Crippen molar-refractivity contribution in [2.75, 3.05) is 26.3 Å². The summed E-state index contributed by atoms with van der Waals surface area (Å²) in [6, 6.07) is 2.59. The van der Waals surface area contributed by atoms with E-state index in [1.54, 1.807) is 4.90 Å². The van der Waals surface area contributed by atoms with Gasteiger partial charge >= 0.3 is 5.97 Å². The summed E-state index contributed by atoms with van der Waals surface area (Å²) in [6.07, 6.45) is 3.79. The Labute approximate surface area is 129 Å². The highest BCUT2D eigenvalue weighted by molar-refractivity contribution is 5.95. The molecule has 22 heavy (non-hydrogen) atoms. The molecule has 0 radical (unpaired) electrons. The standard InChI is InChI=1S/C15H22N2O5/c18-9-3-1-7-17(8-2-4-10-19)14(20)13-11-12(15(21)22)5-6-16-13/h5-6,11,18-19H,1-4,7-10H2,(H,21,22). The summed E-state index contributed by atoms with van der Waals surface area (Å²) in [7, 11) is 0. The summed E-state index contributed by atoms with van der Waals surface area (Å²) < 4.78 is 0. The van der Waals surface area contributed by atoms with Crippen molar-refractivity contribution in [3.05, 3.63) is 29.6 Å². The maximum absolute atomic E-state index is 12.5. The van der Waals surface area contributed by atoms with Crippen LogP contribution < -0.4 is 0 Å². The summed E-state index contributed by atoms with van der Waals surface area (Å²) in [5.41, 5.74) is 0.108. The van der Waals surface area contributed by atoms with E-state index in [1.807, 2.05) is 0 Å². The number of aromatic carboxylic acids is 1. The normalized spacial score (nSPS) is 10.5. The van der Waals surface area contributed by atoms with E-state index >= 15 is 0 Å². The molecule has 1 aromatic heterocycles. The van der Waals surface area contributed by atoms with Crippen LogP contribution in [0.2, 0.25) is 0 Å². The van der Waals surface area contributed by atoms with Gasteiger partial charge in [0, 0.05) is 32.5 Å². The van der Waals surface area contributed by atoms with Gasteiger partial charge in [-0.05, 0) is 37.8 Å². The molecule has 0 unspecified atom stereocenters. The molecule has 1 heterocycles. The van der Waals surface area contributed by atoms with Crippen LogP contribution in [-0.4, -0.2) is 63.4 Å².